The molecule has 2 aromatic rings. The summed E-state index contributed by atoms with van der Waals surface area (Å²) >= 11 is 0. The quantitative estimate of drug-likeness (QED) is 0.865. The molecular formula is C16H18O2. The van der Waals surface area contributed by atoms with Crippen LogP contribution in [0.1, 0.15) is 24.5 Å². The molecular weight excluding hydrogens is 224 g/mol. The second-order valence-electron chi connectivity index (χ2n) is 4.42. The number of hydrogen-bond donors (Lipinski definition) is 2. The lowest BCUT2D eigenvalue weighted by Crippen LogP contribution is -2.40. The third-order valence-electron chi connectivity index (χ3n) is 3.30. The van der Waals surface area contributed by atoms with Gasteiger partial charge in [0.15, 0.2) is 0 Å². The van der Waals surface area contributed by atoms with Crippen LogP contribution in [0.15, 0.2) is 60.7 Å². The lowest BCUT2D eigenvalue weighted by molar-refractivity contribution is -0.0509. The van der Waals surface area contributed by atoms with Gasteiger partial charge in [-0.1, -0.05) is 67.6 Å². The minimum absolute atomic E-state index is 0.486. The van der Waals surface area contributed by atoms with Crippen LogP contribution in [-0.4, -0.2) is 16.3 Å². The van der Waals surface area contributed by atoms with Crippen molar-refractivity contribution < 1.29 is 10.2 Å². The van der Waals surface area contributed by atoms with Crippen LogP contribution in [0, 0.1) is 0 Å². The monoisotopic (exact) mass is 242 g/mol. The molecule has 0 aliphatic carbocycles. The SMILES string of the molecule is CC[C@H](O)C(O)(c1ccccc1)c1ccccc1. The fraction of sp³-hybridized carbons (Fsp3) is 0.250. The maximum absolute atomic E-state index is 11.0. The van der Waals surface area contributed by atoms with E-state index in [-0.39, 0.29) is 0 Å². The van der Waals surface area contributed by atoms with Crippen LogP contribution in [0.2, 0.25) is 0 Å². The molecule has 0 unspecified atom stereocenters. The Morgan fingerprint density at radius 1 is 0.889 bits per heavy atom. The molecule has 0 spiro atoms. The van der Waals surface area contributed by atoms with E-state index >= 15 is 0 Å². The van der Waals surface area contributed by atoms with Gasteiger partial charge in [0.2, 0.25) is 0 Å². The topological polar surface area (TPSA) is 40.5 Å². The predicted octanol–water partition coefficient (Wildman–Crippen LogP) is 2.69. The fourth-order valence-corrected chi connectivity index (χ4v) is 2.23. The summed E-state index contributed by atoms with van der Waals surface area (Å²) in [4.78, 5) is 0. The van der Waals surface area contributed by atoms with Crippen LogP contribution in [0.3, 0.4) is 0 Å². The molecule has 1 atom stereocenters. The maximum Gasteiger partial charge on any atom is 0.140 e. The van der Waals surface area contributed by atoms with E-state index in [4.69, 9.17) is 0 Å². The van der Waals surface area contributed by atoms with E-state index in [0.717, 1.165) is 0 Å². The van der Waals surface area contributed by atoms with Gasteiger partial charge < -0.3 is 10.2 Å². The maximum atomic E-state index is 11.0. The van der Waals surface area contributed by atoms with E-state index in [2.05, 4.69) is 0 Å². The van der Waals surface area contributed by atoms with Crippen molar-refractivity contribution in [3.8, 4) is 0 Å². The highest BCUT2D eigenvalue weighted by Crippen LogP contribution is 2.34. The summed E-state index contributed by atoms with van der Waals surface area (Å²) in [6.07, 6.45) is -0.345. The first-order valence-electron chi connectivity index (χ1n) is 6.21. The van der Waals surface area contributed by atoms with Crippen molar-refractivity contribution in [3.05, 3.63) is 71.8 Å². The highest BCUT2D eigenvalue weighted by Gasteiger charge is 2.38. The molecule has 0 saturated carbocycles. The minimum atomic E-state index is -1.35. The Morgan fingerprint density at radius 3 is 1.61 bits per heavy atom. The molecule has 0 fully saturated rings. The standard InChI is InChI=1S/C16H18O2/c1-2-15(17)16(18,13-9-5-3-6-10-13)14-11-7-4-8-12-14/h3-12,15,17-18H,2H2,1H3/t15-/m0/s1. The Kier molecular flexibility index (Phi) is 3.80. The molecule has 0 radical (unpaired) electrons. The van der Waals surface area contributed by atoms with Crippen LogP contribution in [0.5, 0.6) is 0 Å². The van der Waals surface area contributed by atoms with E-state index in [1.165, 1.54) is 0 Å². The highest BCUT2D eigenvalue weighted by molar-refractivity contribution is 5.37. The van der Waals surface area contributed by atoms with Crippen molar-refractivity contribution in [2.45, 2.75) is 25.0 Å². The average molecular weight is 242 g/mol. The lowest BCUT2D eigenvalue weighted by Gasteiger charge is -2.33. The Morgan fingerprint density at radius 2 is 1.28 bits per heavy atom. The van der Waals surface area contributed by atoms with E-state index in [0.29, 0.717) is 17.5 Å². The molecule has 0 heterocycles. The second-order valence-corrected chi connectivity index (χ2v) is 4.42. The number of aliphatic hydroxyl groups is 2. The molecule has 2 heteroatoms. The Bertz CT molecular complexity index is 439. The van der Waals surface area contributed by atoms with Crippen LogP contribution in [0.25, 0.3) is 0 Å². The lowest BCUT2D eigenvalue weighted by atomic mass is 9.81. The van der Waals surface area contributed by atoms with Gasteiger partial charge in [0.1, 0.15) is 5.60 Å². The van der Waals surface area contributed by atoms with Crippen molar-refractivity contribution in [2.24, 2.45) is 0 Å². The zero-order valence-electron chi connectivity index (χ0n) is 10.5. The Hall–Kier alpha value is -1.64. The highest BCUT2D eigenvalue weighted by atomic mass is 16.3. The Labute approximate surface area is 108 Å². The van der Waals surface area contributed by atoms with Gasteiger partial charge in [0, 0.05) is 0 Å². The van der Waals surface area contributed by atoms with E-state index in [1.54, 1.807) is 0 Å². The van der Waals surface area contributed by atoms with Gasteiger partial charge >= 0.3 is 0 Å². The van der Waals surface area contributed by atoms with Gasteiger partial charge in [0.25, 0.3) is 0 Å². The number of hydrogen-bond acceptors (Lipinski definition) is 2. The molecule has 18 heavy (non-hydrogen) atoms. The first-order chi connectivity index (χ1) is 8.69. The third kappa shape index (κ3) is 2.17. The molecule has 0 aromatic heterocycles. The van der Waals surface area contributed by atoms with Gasteiger partial charge in [-0.3, -0.25) is 0 Å². The number of rotatable bonds is 4. The average Bonchev–Trinajstić information content (AvgIpc) is 2.47. The van der Waals surface area contributed by atoms with Crippen LogP contribution < -0.4 is 0 Å². The van der Waals surface area contributed by atoms with Crippen LogP contribution in [-0.2, 0) is 5.60 Å². The molecule has 2 nitrogen and oxygen atoms in total. The van der Waals surface area contributed by atoms with Crippen LogP contribution in [0.4, 0.5) is 0 Å². The molecule has 2 aromatic carbocycles. The zero-order chi connectivity index (χ0) is 13.0. The molecule has 0 aliphatic rings. The first kappa shape index (κ1) is 12.8. The summed E-state index contributed by atoms with van der Waals surface area (Å²) in [5.74, 6) is 0. The molecule has 0 aliphatic heterocycles. The molecule has 0 amide bonds. The molecule has 0 bridgehead atoms. The second kappa shape index (κ2) is 5.34. The largest absolute Gasteiger partial charge is 0.389 e. The summed E-state index contributed by atoms with van der Waals surface area (Å²) in [7, 11) is 0. The van der Waals surface area contributed by atoms with Crippen molar-refractivity contribution in [1.29, 1.82) is 0 Å². The van der Waals surface area contributed by atoms with Crippen molar-refractivity contribution in [1.82, 2.24) is 0 Å². The number of aliphatic hydroxyl groups excluding tert-OH is 1. The Balaban J connectivity index is 2.55. The predicted molar refractivity (Wildman–Crippen MR) is 72.2 cm³/mol. The van der Waals surface area contributed by atoms with Gasteiger partial charge in [-0.2, -0.15) is 0 Å². The van der Waals surface area contributed by atoms with Crippen molar-refractivity contribution in [3.63, 3.8) is 0 Å². The fourth-order valence-electron chi connectivity index (χ4n) is 2.23. The van der Waals surface area contributed by atoms with Gasteiger partial charge in [-0.15, -0.1) is 0 Å². The van der Waals surface area contributed by atoms with Crippen molar-refractivity contribution in [2.75, 3.05) is 0 Å². The number of benzene rings is 2. The summed E-state index contributed by atoms with van der Waals surface area (Å²) in [6.45, 7) is 1.86. The molecule has 2 rings (SSSR count). The zero-order valence-corrected chi connectivity index (χ0v) is 10.5. The third-order valence-corrected chi connectivity index (χ3v) is 3.30. The smallest absolute Gasteiger partial charge is 0.140 e. The molecule has 0 saturated heterocycles. The van der Waals surface area contributed by atoms with E-state index in [1.807, 2.05) is 67.6 Å². The first-order valence-corrected chi connectivity index (χ1v) is 6.21. The summed E-state index contributed by atoms with van der Waals surface area (Å²) in [6, 6.07) is 18.6. The van der Waals surface area contributed by atoms with Crippen LogP contribution >= 0.6 is 0 Å². The summed E-state index contributed by atoms with van der Waals surface area (Å²) in [5, 5.41) is 21.2. The van der Waals surface area contributed by atoms with Gasteiger partial charge in [-0.05, 0) is 17.5 Å². The minimum Gasteiger partial charge on any atom is -0.389 e. The molecule has 2 N–H and O–H groups in total. The van der Waals surface area contributed by atoms with Gasteiger partial charge in [-0.25, -0.2) is 0 Å². The molecule has 94 valence electrons. The van der Waals surface area contributed by atoms with E-state index in [9.17, 15) is 10.2 Å². The van der Waals surface area contributed by atoms with E-state index < -0.39 is 11.7 Å². The van der Waals surface area contributed by atoms with Gasteiger partial charge in [0.05, 0.1) is 6.10 Å². The van der Waals surface area contributed by atoms with Crippen molar-refractivity contribution >= 4 is 0 Å². The summed E-state index contributed by atoms with van der Waals surface area (Å²) < 4.78 is 0. The summed E-state index contributed by atoms with van der Waals surface area (Å²) in [5.41, 5.74) is 0.0770. The normalized spacial score (nSPS) is 13.3.